The van der Waals surface area contributed by atoms with Gasteiger partial charge in [-0.25, -0.2) is 4.98 Å². The molecule has 2 aromatic rings. The molecule has 1 aromatic carbocycles. The molecule has 4 nitrogen and oxygen atoms in total. The van der Waals surface area contributed by atoms with E-state index in [9.17, 15) is 4.79 Å². The first-order chi connectivity index (χ1) is 10.6. The molecule has 0 spiro atoms. The summed E-state index contributed by atoms with van der Waals surface area (Å²) in [4.78, 5) is 22.3. The Morgan fingerprint density at radius 3 is 2.64 bits per heavy atom. The van der Waals surface area contributed by atoms with Crippen molar-refractivity contribution in [1.82, 2.24) is 14.9 Å². The fourth-order valence-corrected chi connectivity index (χ4v) is 3.13. The van der Waals surface area contributed by atoms with Crippen LogP contribution in [0.5, 0.6) is 0 Å². The predicted octanol–water partition coefficient (Wildman–Crippen LogP) is 3.36. The second-order valence-electron chi connectivity index (χ2n) is 6.21. The molecule has 0 radical (unpaired) electrons. The molecule has 116 valence electrons. The van der Waals surface area contributed by atoms with E-state index in [0.717, 1.165) is 35.7 Å². The molecule has 1 unspecified atom stereocenters. The van der Waals surface area contributed by atoms with E-state index in [2.05, 4.69) is 37.9 Å². The van der Waals surface area contributed by atoms with Gasteiger partial charge in [0, 0.05) is 36.2 Å². The van der Waals surface area contributed by atoms with E-state index in [1.54, 1.807) is 0 Å². The maximum atomic E-state index is 12.1. The summed E-state index contributed by atoms with van der Waals surface area (Å²) in [5.41, 5.74) is 3.30. The quantitative estimate of drug-likeness (QED) is 0.940. The summed E-state index contributed by atoms with van der Waals surface area (Å²) in [6, 6.07) is 10.5. The highest BCUT2D eigenvalue weighted by molar-refractivity contribution is 5.80. The van der Waals surface area contributed by atoms with Gasteiger partial charge in [0.15, 0.2) is 0 Å². The third-order valence-corrected chi connectivity index (χ3v) is 4.37. The Balaban J connectivity index is 1.91. The molecule has 1 fully saturated rings. The van der Waals surface area contributed by atoms with Crippen LogP contribution in [-0.2, 0) is 11.2 Å². The monoisotopic (exact) mass is 297 g/mol. The number of aromatic nitrogens is 2. The van der Waals surface area contributed by atoms with Crippen molar-refractivity contribution < 1.29 is 4.79 Å². The van der Waals surface area contributed by atoms with Crippen molar-refractivity contribution >= 4 is 5.91 Å². The summed E-state index contributed by atoms with van der Waals surface area (Å²) >= 11 is 0. The normalized spacial score (nSPS) is 18.5. The van der Waals surface area contributed by atoms with Gasteiger partial charge in [0.1, 0.15) is 5.82 Å². The van der Waals surface area contributed by atoms with E-state index in [4.69, 9.17) is 4.98 Å². The molecule has 0 saturated carbocycles. The Morgan fingerprint density at radius 1 is 1.32 bits per heavy atom. The number of benzene rings is 1. The van der Waals surface area contributed by atoms with Crippen LogP contribution in [-0.4, -0.2) is 33.4 Å². The molecule has 1 atom stereocenters. The van der Waals surface area contributed by atoms with E-state index in [1.165, 1.54) is 0 Å². The minimum Gasteiger partial charge on any atom is -0.345 e. The van der Waals surface area contributed by atoms with Crippen molar-refractivity contribution in [1.29, 1.82) is 0 Å². The third kappa shape index (κ3) is 2.65. The van der Waals surface area contributed by atoms with Gasteiger partial charge in [0.05, 0.1) is 5.69 Å². The number of aromatic amines is 1. The molecule has 1 aromatic heterocycles. The van der Waals surface area contributed by atoms with Gasteiger partial charge in [-0.05, 0) is 20.3 Å². The number of hydrogen-bond donors (Lipinski definition) is 1. The lowest BCUT2D eigenvalue weighted by molar-refractivity contribution is -0.129. The van der Waals surface area contributed by atoms with Gasteiger partial charge in [0.25, 0.3) is 0 Å². The first-order valence-corrected chi connectivity index (χ1v) is 8.03. The Kier molecular flexibility index (Phi) is 4.01. The Morgan fingerprint density at radius 2 is 2.05 bits per heavy atom. The molecule has 3 rings (SSSR count). The fraction of sp³-hybridized carbons (Fsp3) is 0.444. The highest BCUT2D eigenvalue weighted by Crippen LogP contribution is 2.31. The lowest BCUT2D eigenvalue weighted by Crippen LogP contribution is -2.31. The fourth-order valence-electron chi connectivity index (χ4n) is 3.13. The van der Waals surface area contributed by atoms with Gasteiger partial charge in [-0.15, -0.1) is 0 Å². The second kappa shape index (κ2) is 5.95. The number of rotatable bonds is 4. The molecule has 1 saturated heterocycles. The molecule has 1 N–H and O–H groups in total. The summed E-state index contributed by atoms with van der Waals surface area (Å²) in [7, 11) is 0. The molecule has 1 aliphatic rings. The van der Waals surface area contributed by atoms with Gasteiger partial charge in [-0.1, -0.05) is 37.3 Å². The number of likely N-dealkylation sites (tertiary alicyclic amines) is 1. The number of nitrogens with one attached hydrogen (secondary N) is 1. The topological polar surface area (TPSA) is 49.0 Å². The van der Waals surface area contributed by atoms with Crippen LogP contribution in [0.4, 0.5) is 0 Å². The number of amides is 1. The van der Waals surface area contributed by atoms with Crippen LogP contribution in [0.15, 0.2) is 30.3 Å². The third-order valence-electron chi connectivity index (χ3n) is 4.37. The number of H-pyrrole nitrogens is 1. The molecular formula is C18H23N3O. The van der Waals surface area contributed by atoms with Crippen molar-refractivity contribution in [3.05, 3.63) is 41.9 Å². The summed E-state index contributed by atoms with van der Waals surface area (Å²) in [6.07, 6.45) is 1.47. The summed E-state index contributed by atoms with van der Waals surface area (Å²) in [6.45, 7) is 7.02. The van der Waals surface area contributed by atoms with Crippen molar-refractivity contribution in [3.63, 3.8) is 0 Å². The van der Waals surface area contributed by atoms with Crippen LogP contribution in [0.3, 0.4) is 0 Å². The number of carbonyl (C=O) groups is 1. The first-order valence-electron chi connectivity index (χ1n) is 8.03. The minimum atomic E-state index is 0.178. The zero-order valence-electron chi connectivity index (χ0n) is 13.5. The van der Waals surface area contributed by atoms with E-state index in [1.807, 2.05) is 23.1 Å². The second-order valence-corrected chi connectivity index (χ2v) is 6.21. The van der Waals surface area contributed by atoms with Crippen molar-refractivity contribution in [2.24, 2.45) is 0 Å². The van der Waals surface area contributed by atoms with Crippen molar-refractivity contribution in [2.45, 2.75) is 45.6 Å². The molecule has 22 heavy (non-hydrogen) atoms. The van der Waals surface area contributed by atoms with E-state index < -0.39 is 0 Å². The predicted molar refractivity (Wildman–Crippen MR) is 87.6 cm³/mol. The number of carbonyl (C=O) groups excluding carboxylic acids is 1. The molecule has 1 amide bonds. The minimum absolute atomic E-state index is 0.178. The highest BCUT2D eigenvalue weighted by Gasteiger charge is 2.34. The SMILES string of the molecule is CCc1[nH]c(C2CC(=O)N(C(C)C)C2)nc1-c1ccccc1. The molecule has 1 aliphatic heterocycles. The van der Waals surface area contributed by atoms with Crippen LogP contribution in [0, 0.1) is 0 Å². The highest BCUT2D eigenvalue weighted by atomic mass is 16.2. The Bertz CT molecular complexity index is 660. The first kappa shape index (κ1) is 14.8. The van der Waals surface area contributed by atoms with Crippen LogP contribution in [0.1, 0.15) is 44.6 Å². The van der Waals surface area contributed by atoms with Crippen LogP contribution < -0.4 is 0 Å². The van der Waals surface area contributed by atoms with E-state index >= 15 is 0 Å². The molecular weight excluding hydrogens is 274 g/mol. The zero-order chi connectivity index (χ0) is 15.7. The lowest BCUT2D eigenvalue weighted by Gasteiger charge is -2.20. The Hall–Kier alpha value is -2.10. The van der Waals surface area contributed by atoms with Gasteiger partial charge in [0.2, 0.25) is 5.91 Å². The molecule has 0 aliphatic carbocycles. The number of aryl methyl sites for hydroxylation is 1. The van der Waals surface area contributed by atoms with Gasteiger partial charge < -0.3 is 9.88 Å². The summed E-state index contributed by atoms with van der Waals surface area (Å²) < 4.78 is 0. The largest absolute Gasteiger partial charge is 0.345 e. The Labute approximate surface area is 131 Å². The van der Waals surface area contributed by atoms with Gasteiger partial charge in [-0.2, -0.15) is 0 Å². The smallest absolute Gasteiger partial charge is 0.223 e. The van der Waals surface area contributed by atoms with E-state index in [-0.39, 0.29) is 17.9 Å². The molecule has 4 heteroatoms. The van der Waals surface area contributed by atoms with E-state index in [0.29, 0.717) is 6.42 Å². The van der Waals surface area contributed by atoms with Gasteiger partial charge >= 0.3 is 0 Å². The van der Waals surface area contributed by atoms with Crippen molar-refractivity contribution in [3.8, 4) is 11.3 Å². The zero-order valence-corrected chi connectivity index (χ0v) is 13.5. The molecule has 2 heterocycles. The van der Waals surface area contributed by atoms with Crippen molar-refractivity contribution in [2.75, 3.05) is 6.54 Å². The average molecular weight is 297 g/mol. The maximum Gasteiger partial charge on any atom is 0.223 e. The van der Waals surface area contributed by atoms with Gasteiger partial charge in [-0.3, -0.25) is 4.79 Å². The summed E-state index contributed by atoms with van der Waals surface area (Å²) in [5.74, 6) is 1.36. The molecule has 0 bridgehead atoms. The van der Waals surface area contributed by atoms with Crippen LogP contribution in [0.2, 0.25) is 0 Å². The standard InChI is InChI=1S/C18H23N3O/c1-4-15-17(13-8-6-5-7-9-13)20-18(19-15)14-10-16(22)21(11-14)12(2)3/h5-9,12,14H,4,10-11H2,1-3H3,(H,19,20). The van der Waals surface area contributed by atoms with Crippen LogP contribution >= 0.6 is 0 Å². The van der Waals surface area contributed by atoms with Crippen LogP contribution in [0.25, 0.3) is 11.3 Å². The lowest BCUT2D eigenvalue weighted by atomic mass is 10.1. The maximum absolute atomic E-state index is 12.1. The summed E-state index contributed by atoms with van der Waals surface area (Å²) in [5, 5.41) is 0. The number of hydrogen-bond acceptors (Lipinski definition) is 2. The average Bonchev–Trinajstić information content (AvgIpc) is 3.11. The number of nitrogens with zero attached hydrogens (tertiary/aromatic N) is 2. The number of imidazole rings is 1.